The van der Waals surface area contributed by atoms with Crippen LogP contribution in [0.15, 0.2) is 41.0 Å². The maximum atomic E-state index is 12.5. The van der Waals surface area contributed by atoms with Gasteiger partial charge in [0, 0.05) is 24.3 Å². The number of alkyl halides is 2. The van der Waals surface area contributed by atoms with Gasteiger partial charge in [-0.15, -0.1) is 0 Å². The molecule has 0 N–H and O–H groups in total. The van der Waals surface area contributed by atoms with Crippen LogP contribution >= 0.6 is 15.9 Å². The number of hydrogen-bond donors (Lipinski definition) is 0. The van der Waals surface area contributed by atoms with E-state index in [1.165, 1.54) is 17.2 Å². The van der Waals surface area contributed by atoms with Crippen molar-refractivity contribution in [2.75, 3.05) is 13.6 Å². The molecule has 7 heteroatoms. The minimum atomic E-state index is -2.54. The Labute approximate surface area is 135 Å². The fourth-order valence-corrected chi connectivity index (χ4v) is 2.52. The number of carbonyl (C=O) groups is 1. The third-order valence-corrected chi connectivity index (χ3v) is 3.71. The van der Waals surface area contributed by atoms with Crippen molar-refractivity contribution >= 4 is 21.8 Å². The van der Waals surface area contributed by atoms with Gasteiger partial charge in [0.05, 0.1) is 0 Å². The Bertz CT molecular complexity index is 645. The Hall–Kier alpha value is -1.76. The molecule has 0 fully saturated rings. The van der Waals surface area contributed by atoms with Crippen LogP contribution in [0, 0.1) is 0 Å². The minimum absolute atomic E-state index is 0.178. The summed E-state index contributed by atoms with van der Waals surface area (Å²) >= 11 is 3.40. The number of hydrogen-bond acceptors (Lipinski definition) is 2. The molecule has 0 radical (unpaired) electrons. The first kappa shape index (κ1) is 16.6. The molecule has 0 saturated carbocycles. The summed E-state index contributed by atoms with van der Waals surface area (Å²) < 4.78 is 26.9. The number of amides is 1. The van der Waals surface area contributed by atoms with Crippen LogP contribution in [0.25, 0.3) is 0 Å². The van der Waals surface area contributed by atoms with Crippen LogP contribution < -0.4 is 0 Å². The van der Waals surface area contributed by atoms with Crippen molar-refractivity contribution in [3.63, 3.8) is 0 Å². The molecule has 0 unspecified atom stereocenters. The molecule has 2 aromatic rings. The first-order chi connectivity index (χ1) is 10.5. The van der Waals surface area contributed by atoms with Crippen molar-refractivity contribution in [2.24, 2.45) is 0 Å². The molecule has 1 aromatic heterocycles. The van der Waals surface area contributed by atoms with E-state index in [0.29, 0.717) is 13.0 Å². The van der Waals surface area contributed by atoms with Crippen molar-refractivity contribution in [1.82, 2.24) is 14.7 Å². The molecule has 0 atom stereocenters. The van der Waals surface area contributed by atoms with E-state index in [9.17, 15) is 13.6 Å². The Kier molecular flexibility index (Phi) is 5.65. The van der Waals surface area contributed by atoms with Gasteiger partial charge < -0.3 is 4.90 Å². The predicted octanol–water partition coefficient (Wildman–Crippen LogP) is 3.23. The molecule has 0 saturated heterocycles. The van der Waals surface area contributed by atoms with Crippen LogP contribution in [-0.2, 0) is 13.0 Å². The maximum absolute atomic E-state index is 12.5. The quantitative estimate of drug-likeness (QED) is 0.781. The van der Waals surface area contributed by atoms with E-state index in [4.69, 9.17) is 0 Å². The fourth-order valence-electron chi connectivity index (χ4n) is 2.08. The van der Waals surface area contributed by atoms with E-state index in [1.807, 2.05) is 24.3 Å². The van der Waals surface area contributed by atoms with Gasteiger partial charge >= 0.3 is 0 Å². The second-order valence-electron chi connectivity index (χ2n) is 4.90. The number of halogens is 3. The first-order valence-electron chi connectivity index (χ1n) is 6.77. The van der Waals surface area contributed by atoms with Crippen molar-refractivity contribution in [3.8, 4) is 0 Å². The zero-order valence-corrected chi connectivity index (χ0v) is 13.6. The third-order valence-electron chi connectivity index (χ3n) is 3.22. The lowest BCUT2D eigenvalue weighted by Crippen LogP contribution is -2.31. The number of likely N-dealkylation sites (N-methyl/N-ethyl adjacent to an activating group) is 1. The zero-order chi connectivity index (χ0) is 16.1. The standard InChI is InChI=1S/C15H16BrF2N3O/c1-20(8-6-11-3-2-4-12(16)9-11)15(22)13-5-7-19-21(13)10-14(17)18/h2-5,7,9,14H,6,8,10H2,1H3. The molecule has 0 spiro atoms. The summed E-state index contributed by atoms with van der Waals surface area (Å²) in [7, 11) is 1.65. The van der Waals surface area contributed by atoms with Gasteiger partial charge in [-0.2, -0.15) is 5.10 Å². The van der Waals surface area contributed by atoms with Crippen LogP contribution in [0.4, 0.5) is 8.78 Å². The average Bonchev–Trinajstić information content (AvgIpc) is 2.91. The number of benzene rings is 1. The summed E-state index contributed by atoms with van der Waals surface area (Å²) in [5, 5.41) is 3.77. The van der Waals surface area contributed by atoms with Crippen LogP contribution in [0.3, 0.4) is 0 Å². The van der Waals surface area contributed by atoms with Gasteiger partial charge in [0.1, 0.15) is 12.2 Å². The lowest BCUT2D eigenvalue weighted by atomic mass is 10.1. The van der Waals surface area contributed by atoms with Crippen LogP contribution in [0.5, 0.6) is 0 Å². The van der Waals surface area contributed by atoms with Gasteiger partial charge in [0.25, 0.3) is 12.3 Å². The highest BCUT2D eigenvalue weighted by Crippen LogP contribution is 2.13. The largest absolute Gasteiger partial charge is 0.340 e. The fraction of sp³-hybridized carbons (Fsp3) is 0.333. The summed E-state index contributed by atoms with van der Waals surface area (Å²) in [4.78, 5) is 13.8. The maximum Gasteiger partial charge on any atom is 0.271 e. The zero-order valence-electron chi connectivity index (χ0n) is 12.0. The van der Waals surface area contributed by atoms with E-state index in [2.05, 4.69) is 21.0 Å². The summed E-state index contributed by atoms with van der Waals surface area (Å²) in [5.41, 5.74) is 1.27. The topological polar surface area (TPSA) is 38.1 Å². The number of aromatic nitrogens is 2. The first-order valence-corrected chi connectivity index (χ1v) is 7.56. The smallest absolute Gasteiger partial charge is 0.271 e. The second-order valence-corrected chi connectivity index (χ2v) is 5.81. The highest BCUT2D eigenvalue weighted by atomic mass is 79.9. The Morgan fingerprint density at radius 1 is 1.41 bits per heavy atom. The van der Waals surface area contributed by atoms with Crippen molar-refractivity contribution in [2.45, 2.75) is 19.4 Å². The molecular formula is C15H16BrF2N3O. The molecule has 2 rings (SSSR count). The molecule has 1 aromatic carbocycles. The molecule has 118 valence electrons. The molecule has 0 aliphatic heterocycles. The van der Waals surface area contributed by atoms with Gasteiger partial charge in [-0.25, -0.2) is 8.78 Å². The van der Waals surface area contributed by atoms with Gasteiger partial charge in [-0.3, -0.25) is 9.48 Å². The molecule has 0 bridgehead atoms. The van der Waals surface area contributed by atoms with Crippen molar-refractivity contribution in [1.29, 1.82) is 0 Å². The summed E-state index contributed by atoms with van der Waals surface area (Å²) in [6.45, 7) is -0.0807. The van der Waals surface area contributed by atoms with Crippen molar-refractivity contribution < 1.29 is 13.6 Å². The molecular weight excluding hydrogens is 356 g/mol. The van der Waals surface area contributed by atoms with E-state index >= 15 is 0 Å². The lowest BCUT2D eigenvalue weighted by Gasteiger charge is -2.18. The molecule has 0 aliphatic rings. The molecule has 22 heavy (non-hydrogen) atoms. The minimum Gasteiger partial charge on any atom is -0.340 e. The third kappa shape index (κ3) is 4.37. The monoisotopic (exact) mass is 371 g/mol. The summed E-state index contributed by atoms with van der Waals surface area (Å²) in [6.07, 6.45) is -0.499. The molecule has 1 amide bonds. The molecule has 1 heterocycles. The number of rotatable bonds is 6. The normalized spacial score (nSPS) is 11.0. The summed E-state index contributed by atoms with van der Waals surface area (Å²) in [5.74, 6) is -0.312. The van der Waals surface area contributed by atoms with Gasteiger partial charge in [-0.05, 0) is 30.2 Å². The van der Waals surface area contributed by atoms with E-state index in [-0.39, 0.29) is 11.6 Å². The van der Waals surface area contributed by atoms with Crippen LogP contribution in [0.2, 0.25) is 0 Å². The Balaban J connectivity index is 1.99. The lowest BCUT2D eigenvalue weighted by molar-refractivity contribution is 0.0770. The summed E-state index contributed by atoms with van der Waals surface area (Å²) in [6, 6.07) is 9.28. The number of carbonyl (C=O) groups excluding carboxylic acids is 1. The average molecular weight is 372 g/mol. The Morgan fingerprint density at radius 3 is 2.86 bits per heavy atom. The molecule has 0 aliphatic carbocycles. The highest BCUT2D eigenvalue weighted by molar-refractivity contribution is 9.10. The van der Waals surface area contributed by atoms with Gasteiger partial charge in [0.15, 0.2) is 0 Å². The van der Waals surface area contributed by atoms with Gasteiger partial charge in [0.2, 0.25) is 0 Å². The SMILES string of the molecule is CN(CCc1cccc(Br)c1)C(=O)c1ccnn1CC(F)F. The Morgan fingerprint density at radius 2 is 2.18 bits per heavy atom. The van der Waals surface area contributed by atoms with E-state index in [0.717, 1.165) is 14.7 Å². The van der Waals surface area contributed by atoms with Crippen LogP contribution in [0.1, 0.15) is 16.1 Å². The van der Waals surface area contributed by atoms with Crippen molar-refractivity contribution in [3.05, 3.63) is 52.3 Å². The second kappa shape index (κ2) is 7.49. The molecule has 4 nitrogen and oxygen atoms in total. The van der Waals surface area contributed by atoms with Gasteiger partial charge in [-0.1, -0.05) is 28.1 Å². The van der Waals surface area contributed by atoms with E-state index in [1.54, 1.807) is 7.05 Å². The number of nitrogens with zero attached hydrogens (tertiary/aromatic N) is 3. The van der Waals surface area contributed by atoms with E-state index < -0.39 is 13.0 Å². The van der Waals surface area contributed by atoms with Crippen LogP contribution in [-0.4, -0.2) is 40.6 Å². The predicted molar refractivity (Wildman–Crippen MR) is 83.0 cm³/mol. The highest BCUT2D eigenvalue weighted by Gasteiger charge is 2.18.